The van der Waals surface area contributed by atoms with Gasteiger partial charge in [0.05, 0.1) is 16.4 Å². The van der Waals surface area contributed by atoms with Gasteiger partial charge in [0.1, 0.15) is 0 Å². The van der Waals surface area contributed by atoms with Gasteiger partial charge in [-0.3, -0.25) is 4.79 Å². The first-order chi connectivity index (χ1) is 8.97. The number of halogens is 1. The molecule has 0 aliphatic heterocycles. The number of nitrogen functional groups attached to an aromatic ring is 1. The third-order valence-corrected chi connectivity index (χ3v) is 3.98. The Morgan fingerprint density at radius 3 is 2.68 bits per heavy atom. The van der Waals surface area contributed by atoms with E-state index in [9.17, 15) is 4.79 Å². The third-order valence-electron chi connectivity index (χ3n) is 2.76. The second-order valence-corrected chi connectivity index (χ2v) is 6.00. The smallest absolute Gasteiger partial charge is 0.250 e. The van der Waals surface area contributed by atoms with Crippen LogP contribution < -0.4 is 16.4 Å². The molecule has 1 amide bonds. The van der Waals surface area contributed by atoms with Gasteiger partial charge in [-0.15, -0.1) is 11.3 Å². The lowest BCUT2D eigenvalue weighted by Gasteiger charge is -2.19. The van der Waals surface area contributed by atoms with E-state index in [1.807, 2.05) is 30.1 Å². The SMILES string of the molecule is CN(Cc1ccc(Cl)s1)c1ccc(N)c(C(N)=O)c1. The van der Waals surface area contributed by atoms with E-state index in [2.05, 4.69) is 0 Å². The summed E-state index contributed by atoms with van der Waals surface area (Å²) in [5.74, 6) is -0.521. The summed E-state index contributed by atoms with van der Waals surface area (Å²) >= 11 is 7.43. The van der Waals surface area contributed by atoms with Crippen LogP contribution in [0.2, 0.25) is 4.34 Å². The first-order valence-corrected chi connectivity index (χ1v) is 6.81. The second-order valence-electron chi connectivity index (χ2n) is 4.20. The molecule has 0 aliphatic rings. The molecule has 2 aromatic rings. The highest BCUT2D eigenvalue weighted by Crippen LogP contribution is 2.26. The first-order valence-electron chi connectivity index (χ1n) is 5.62. The Hall–Kier alpha value is -1.72. The summed E-state index contributed by atoms with van der Waals surface area (Å²) in [6, 6.07) is 9.10. The fraction of sp³-hybridized carbons (Fsp3) is 0.154. The Morgan fingerprint density at radius 2 is 2.11 bits per heavy atom. The lowest BCUT2D eigenvalue weighted by Crippen LogP contribution is -2.18. The van der Waals surface area contributed by atoms with Gasteiger partial charge in [-0.25, -0.2) is 0 Å². The van der Waals surface area contributed by atoms with Crippen LogP contribution in [0.5, 0.6) is 0 Å². The molecule has 0 fully saturated rings. The Kier molecular flexibility index (Phi) is 3.97. The number of carbonyl (C=O) groups is 1. The number of carbonyl (C=O) groups excluding carboxylic acids is 1. The molecule has 0 spiro atoms. The van der Waals surface area contributed by atoms with Crippen molar-refractivity contribution in [2.24, 2.45) is 5.73 Å². The maximum absolute atomic E-state index is 11.3. The van der Waals surface area contributed by atoms with Crippen LogP contribution in [0.3, 0.4) is 0 Å². The second kappa shape index (κ2) is 5.50. The molecule has 0 bridgehead atoms. The van der Waals surface area contributed by atoms with Gasteiger partial charge >= 0.3 is 0 Å². The molecule has 0 saturated carbocycles. The maximum atomic E-state index is 11.3. The monoisotopic (exact) mass is 295 g/mol. The van der Waals surface area contributed by atoms with Crippen molar-refractivity contribution in [3.8, 4) is 0 Å². The van der Waals surface area contributed by atoms with Crippen LogP contribution in [0.15, 0.2) is 30.3 Å². The zero-order valence-electron chi connectivity index (χ0n) is 10.4. The molecule has 2 rings (SSSR count). The largest absolute Gasteiger partial charge is 0.398 e. The summed E-state index contributed by atoms with van der Waals surface area (Å²) in [6.45, 7) is 0.708. The van der Waals surface area contributed by atoms with Crippen molar-refractivity contribution in [3.05, 3.63) is 45.1 Å². The molecule has 19 heavy (non-hydrogen) atoms. The van der Waals surface area contributed by atoms with Crippen LogP contribution >= 0.6 is 22.9 Å². The third kappa shape index (κ3) is 3.19. The number of hydrogen-bond acceptors (Lipinski definition) is 4. The minimum absolute atomic E-state index is 0.341. The molecule has 0 saturated heterocycles. The molecule has 4 nitrogen and oxygen atoms in total. The quantitative estimate of drug-likeness (QED) is 0.852. The van der Waals surface area contributed by atoms with E-state index in [0.717, 1.165) is 14.9 Å². The lowest BCUT2D eigenvalue weighted by molar-refractivity contribution is 0.100. The summed E-state index contributed by atoms with van der Waals surface area (Å²) in [5.41, 5.74) is 12.6. The Morgan fingerprint density at radius 1 is 1.37 bits per heavy atom. The van der Waals surface area contributed by atoms with Crippen molar-refractivity contribution >= 4 is 40.2 Å². The molecular formula is C13H14ClN3OS. The number of primary amides is 1. The summed E-state index contributed by atoms with van der Waals surface area (Å²) in [7, 11) is 1.93. The Bertz CT molecular complexity index is 612. The number of rotatable bonds is 4. The van der Waals surface area contributed by atoms with Gasteiger partial charge in [0.15, 0.2) is 0 Å². The van der Waals surface area contributed by atoms with Crippen molar-refractivity contribution < 1.29 is 4.79 Å². The van der Waals surface area contributed by atoms with Gasteiger partial charge in [0, 0.05) is 23.3 Å². The van der Waals surface area contributed by atoms with E-state index in [1.54, 1.807) is 12.1 Å². The van der Waals surface area contributed by atoms with Crippen molar-refractivity contribution in [1.29, 1.82) is 0 Å². The fourth-order valence-corrected chi connectivity index (χ4v) is 2.90. The minimum Gasteiger partial charge on any atom is -0.398 e. The van der Waals surface area contributed by atoms with Crippen molar-refractivity contribution in [3.63, 3.8) is 0 Å². The van der Waals surface area contributed by atoms with Gasteiger partial charge in [-0.2, -0.15) is 0 Å². The summed E-state index contributed by atoms with van der Waals surface area (Å²) in [6.07, 6.45) is 0. The highest BCUT2D eigenvalue weighted by molar-refractivity contribution is 7.16. The highest BCUT2D eigenvalue weighted by atomic mass is 35.5. The molecule has 0 aliphatic carbocycles. The van der Waals surface area contributed by atoms with Gasteiger partial charge < -0.3 is 16.4 Å². The predicted molar refractivity (Wildman–Crippen MR) is 80.8 cm³/mol. The van der Waals surface area contributed by atoms with Crippen LogP contribution in [0, 0.1) is 0 Å². The standard InChI is InChI=1S/C13H14ClN3OS/c1-17(7-9-3-5-12(14)19-9)8-2-4-11(15)10(6-8)13(16)18/h2-6H,7,15H2,1H3,(H2,16,18). The summed E-state index contributed by atoms with van der Waals surface area (Å²) in [5, 5.41) is 0. The molecule has 0 unspecified atom stereocenters. The average Bonchev–Trinajstić information content (AvgIpc) is 2.74. The normalized spacial score (nSPS) is 10.4. The zero-order chi connectivity index (χ0) is 14.0. The number of benzene rings is 1. The van der Waals surface area contributed by atoms with E-state index in [4.69, 9.17) is 23.1 Å². The van der Waals surface area contributed by atoms with E-state index in [-0.39, 0.29) is 0 Å². The maximum Gasteiger partial charge on any atom is 0.250 e. The Balaban J connectivity index is 2.21. The van der Waals surface area contributed by atoms with Gasteiger partial charge in [0.25, 0.3) is 5.91 Å². The van der Waals surface area contributed by atoms with E-state index < -0.39 is 5.91 Å². The van der Waals surface area contributed by atoms with Crippen LogP contribution in [0.1, 0.15) is 15.2 Å². The zero-order valence-corrected chi connectivity index (χ0v) is 12.0. The van der Waals surface area contributed by atoms with E-state index in [0.29, 0.717) is 17.8 Å². The predicted octanol–water partition coefficient (Wildman–Crippen LogP) is 2.72. The topological polar surface area (TPSA) is 72.3 Å². The van der Waals surface area contributed by atoms with Crippen molar-refractivity contribution in [2.45, 2.75) is 6.54 Å². The fourth-order valence-electron chi connectivity index (χ4n) is 1.76. The molecular weight excluding hydrogens is 282 g/mol. The molecule has 0 atom stereocenters. The van der Waals surface area contributed by atoms with Crippen LogP contribution in [0.25, 0.3) is 0 Å². The van der Waals surface area contributed by atoms with Crippen molar-refractivity contribution in [2.75, 3.05) is 17.7 Å². The van der Waals surface area contributed by atoms with Gasteiger partial charge in [0.2, 0.25) is 0 Å². The summed E-state index contributed by atoms with van der Waals surface area (Å²) in [4.78, 5) is 14.4. The number of hydrogen-bond donors (Lipinski definition) is 2. The molecule has 0 radical (unpaired) electrons. The first kappa shape index (κ1) is 13.7. The van der Waals surface area contributed by atoms with E-state index in [1.165, 1.54) is 11.3 Å². The molecule has 1 heterocycles. The molecule has 4 N–H and O–H groups in total. The number of thiophene rings is 1. The van der Waals surface area contributed by atoms with Gasteiger partial charge in [-0.05, 0) is 30.3 Å². The number of nitrogens with two attached hydrogens (primary N) is 2. The number of nitrogens with zero attached hydrogens (tertiary/aromatic N) is 1. The van der Waals surface area contributed by atoms with Crippen LogP contribution in [-0.2, 0) is 6.54 Å². The van der Waals surface area contributed by atoms with Crippen LogP contribution in [-0.4, -0.2) is 13.0 Å². The van der Waals surface area contributed by atoms with Crippen LogP contribution in [0.4, 0.5) is 11.4 Å². The molecule has 6 heteroatoms. The number of anilines is 2. The molecule has 100 valence electrons. The van der Waals surface area contributed by atoms with Gasteiger partial charge in [-0.1, -0.05) is 11.6 Å². The highest BCUT2D eigenvalue weighted by Gasteiger charge is 2.10. The lowest BCUT2D eigenvalue weighted by atomic mass is 10.1. The van der Waals surface area contributed by atoms with Crippen molar-refractivity contribution in [1.82, 2.24) is 0 Å². The molecule has 1 aromatic heterocycles. The Labute approximate surface area is 120 Å². The van der Waals surface area contributed by atoms with E-state index >= 15 is 0 Å². The summed E-state index contributed by atoms with van der Waals surface area (Å²) < 4.78 is 0.763. The minimum atomic E-state index is -0.521. The molecule has 1 aromatic carbocycles. The number of amides is 1. The average molecular weight is 296 g/mol.